The molecule has 1 aliphatic heterocycles. The highest BCUT2D eigenvalue weighted by atomic mass is 16.6. The third kappa shape index (κ3) is 5.44. The largest absolute Gasteiger partial charge is 0.466 e. The number of esters is 3. The van der Waals surface area contributed by atoms with E-state index in [4.69, 9.17) is 14.2 Å². The van der Waals surface area contributed by atoms with Crippen LogP contribution in [0.15, 0.2) is 23.8 Å². The topological polar surface area (TPSA) is 99.1 Å². The quantitative estimate of drug-likeness (QED) is 0.434. The summed E-state index contributed by atoms with van der Waals surface area (Å²) in [5.41, 5.74) is 0.614. The second kappa shape index (κ2) is 9.87. The smallest absolute Gasteiger partial charge is 0.334 e. The Balaban J connectivity index is 2.39. The molecule has 1 heterocycles. The molecule has 0 amide bonds. The summed E-state index contributed by atoms with van der Waals surface area (Å²) < 4.78 is 16.1. The molecule has 0 radical (unpaired) electrons. The Morgan fingerprint density at radius 2 is 2.11 bits per heavy atom. The average molecular weight is 394 g/mol. The minimum absolute atomic E-state index is 0.0630. The van der Waals surface area contributed by atoms with Gasteiger partial charge in [-0.3, -0.25) is 4.79 Å². The zero-order valence-electron chi connectivity index (χ0n) is 16.8. The number of ether oxygens (including phenoxy) is 3. The van der Waals surface area contributed by atoms with Crippen LogP contribution in [0, 0.1) is 17.8 Å². The summed E-state index contributed by atoms with van der Waals surface area (Å²) in [6, 6.07) is 0. The minimum Gasteiger partial charge on any atom is -0.466 e. The predicted molar refractivity (Wildman–Crippen MR) is 101 cm³/mol. The van der Waals surface area contributed by atoms with Crippen LogP contribution in [0.3, 0.4) is 0 Å². The first-order valence-corrected chi connectivity index (χ1v) is 9.74. The normalized spacial score (nSPS) is 30.1. The van der Waals surface area contributed by atoms with E-state index < -0.39 is 36.0 Å². The maximum atomic E-state index is 12.4. The molecule has 0 aromatic rings. The van der Waals surface area contributed by atoms with Crippen molar-refractivity contribution < 1.29 is 33.7 Å². The van der Waals surface area contributed by atoms with Crippen molar-refractivity contribution in [3.63, 3.8) is 0 Å². The van der Waals surface area contributed by atoms with E-state index in [1.165, 1.54) is 7.11 Å². The van der Waals surface area contributed by atoms with Crippen molar-refractivity contribution in [2.75, 3.05) is 13.7 Å². The third-order valence-corrected chi connectivity index (χ3v) is 5.24. The average Bonchev–Trinajstić information content (AvgIpc) is 2.91. The molecule has 0 saturated carbocycles. The Morgan fingerprint density at radius 1 is 1.39 bits per heavy atom. The fraction of sp³-hybridized carbons (Fsp3) is 0.667. The zero-order chi connectivity index (χ0) is 20.8. The van der Waals surface area contributed by atoms with Gasteiger partial charge < -0.3 is 19.3 Å². The van der Waals surface area contributed by atoms with E-state index in [2.05, 4.69) is 6.58 Å². The molecular formula is C21H30O7. The van der Waals surface area contributed by atoms with Gasteiger partial charge in [0.05, 0.1) is 13.0 Å². The highest BCUT2D eigenvalue weighted by Crippen LogP contribution is 2.38. The van der Waals surface area contributed by atoms with Crippen molar-refractivity contribution >= 4 is 17.9 Å². The van der Waals surface area contributed by atoms with Crippen molar-refractivity contribution in [2.45, 2.75) is 58.2 Å². The summed E-state index contributed by atoms with van der Waals surface area (Å²) in [7, 11) is 1.29. The van der Waals surface area contributed by atoms with Gasteiger partial charge in [-0.15, -0.1) is 0 Å². The molecule has 0 aromatic heterocycles. The van der Waals surface area contributed by atoms with Gasteiger partial charge in [0.15, 0.2) is 0 Å². The Labute approximate surface area is 165 Å². The second-order valence-electron chi connectivity index (χ2n) is 7.91. The van der Waals surface area contributed by atoms with Crippen molar-refractivity contribution in [1.29, 1.82) is 0 Å². The molecule has 4 atom stereocenters. The lowest BCUT2D eigenvalue weighted by molar-refractivity contribution is -0.154. The molecule has 1 N–H and O–H groups in total. The molecule has 7 nitrogen and oxygen atoms in total. The summed E-state index contributed by atoms with van der Waals surface area (Å²) in [4.78, 5) is 36.8. The number of fused-ring (bicyclic) bond motifs is 1. The number of allylic oxidation sites excluding steroid dienone is 1. The maximum absolute atomic E-state index is 12.4. The fourth-order valence-corrected chi connectivity index (χ4v) is 3.80. The van der Waals surface area contributed by atoms with Crippen LogP contribution < -0.4 is 0 Å². The lowest BCUT2D eigenvalue weighted by Crippen LogP contribution is -2.36. The van der Waals surface area contributed by atoms with Crippen molar-refractivity contribution in [3.8, 4) is 0 Å². The van der Waals surface area contributed by atoms with Gasteiger partial charge in [-0.1, -0.05) is 26.5 Å². The maximum Gasteiger partial charge on any atom is 0.334 e. The summed E-state index contributed by atoms with van der Waals surface area (Å²) in [6.07, 6.45) is 2.45. The number of carbonyl (C=O) groups excluding carboxylic acids is 3. The monoisotopic (exact) mass is 394 g/mol. The highest BCUT2D eigenvalue weighted by molar-refractivity contribution is 5.91. The number of aliphatic hydroxyl groups excluding tert-OH is 1. The molecular weight excluding hydrogens is 364 g/mol. The first-order valence-electron chi connectivity index (χ1n) is 9.74. The SMILES string of the molecule is C=C1C(=O)O[C@@H]2C[C@H](CO)CC/C=C(/C(=O)OC)C[C@@H](OC(=O)CC(C)C)[C@H]12. The minimum atomic E-state index is -0.766. The van der Waals surface area contributed by atoms with E-state index in [1.807, 2.05) is 13.8 Å². The first-order chi connectivity index (χ1) is 13.3. The lowest BCUT2D eigenvalue weighted by Gasteiger charge is -2.30. The number of hydrogen-bond donors (Lipinski definition) is 1. The Bertz CT molecular complexity index is 649. The van der Waals surface area contributed by atoms with Gasteiger partial charge in [-0.2, -0.15) is 0 Å². The molecule has 2 rings (SSSR count). The molecule has 0 bridgehead atoms. The zero-order valence-corrected chi connectivity index (χ0v) is 16.8. The molecule has 1 fully saturated rings. The Morgan fingerprint density at radius 3 is 2.71 bits per heavy atom. The summed E-state index contributed by atoms with van der Waals surface area (Å²) in [5.74, 6) is -1.99. The highest BCUT2D eigenvalue weighted by Gasteiger charge is 2.46. The molecule has 1 aliphatic carbocycles. The van der Waals surface area contributed by atoms with Crippen LogP contribution in [0.2, 0.25) is 0 Å². The third-order valence-electron chi connectivity index (χ3n) is 5.24. The van der Waals surface area contributed by atoms with Crippen molar-refractivity contribution in [2.24, 2.45) is 17.8 Å². The lowest BCUT2D eigenvalue weighted by atomic mass is 9.81. The molecule has 0 spiro atoms. The van der Waals surface area contributed by atoms with Crippen LogP contribution in [0.5, 0.6) is 0 Å². The van der Waals surface area contributed by atoms with Crippen molar-refractivity contribution in [3.05, 3.63) is 23.8 Å². The predicted octanol–water partition coefficient (Wildman–Crippen LogP) is 2.32. The molecule has 0 unspecified atom stereocenters. The molecule has 1 saturated heterocycles. The van der Waals surface area contributed by atoms with Gasteiger partial charge in [-0.05, 0) is 31.1 Å². The number of carbonyl (C=O) groups is 3. The van der Waals surface area contributed by atoms with E-state index in [0.717, 1.165) is 0 Å². The van der Waals surface area contributed by atoms with Crippen LogP contribution in [0.4, 0.5) is 0 Å². The van der Waals surface area contributed by atoms with Gasteiger partial charge in [0, 0.05) is 30.6 Å². The van der Waals surface area contributed by atoms with Crippen LogP contribution >= 0.6 is 0 Å². The second-order valence-corrected chi connectivity index (χ2v) is 7.91. The van der Waals surface area contributed by atoms with Gasteiger partial charge >= 0.3 is 17.9 Å². The van der Waals surface area contributed by atoms with Crippen LogP contribution in [-0.2, 0) is 28.6 Å². The van der Waals surface area contributed by atoms with E-state index >= 15 is 0 Å². The van der Waals surface area contributed by atoms with E-state index in [-0.39, 0.29) is 36.9 Å². The van der Waals surface area contributed by atoms with Gasteiger partial charge in [0.25, 0.3) is 0 Å². The van der Waals surface area contributed by atoms with Gasteiger partial charge in [-0.25, -0.2) is 9.59 Å². The number of methoxy groups -OCH3 is 1. The van der Waals surface area contributed by atoms with Crippen molar-refractivity contribution in [1.82, 2.24) is 0 Å². The van der Waals surface area contributed by atoms with Crippen LogP contribution in [0.25, 0.3) is 0 Å². The fourth-order valence-electron chi connectivity index (χ4n) is 3.80. The summed E-state index contributed by atoms with van der Waals surface area (Å²) in [6.45, 7) is 7.59. The Kier molecular flexibility index (Phi) is 7.80. The van der Waals surface area contributed by atoms with Gasteiger partial charge in [0.2, 0.25) is 0 Å². The van der Waals surface area contributed by atoms with Crippen LogP contribution in [0.1, 0.15) is 46.0 Å². The summed E-state index contributed by atoms with van der Waals surface area (Å²) in [5, 5.41) is 9.69. The van der Waals surface area contributed by atoms with E-state index in [0.29, 0.717) is 24.8 Å². The molecule has 0 aromatic carbocycles. The number of aliphatic hydroxyl groups is 1. The number of hydrogen-bond acceptors (Lipinski definition) is 7. The van der Waals surface area contributed by atoms with E-state index in [1.54, 1.807) is 6.08 Å². The molecule has 2 aliphatic rings. The van der Waals surface area contributed by atoms with Gasteiger partial charge in [0.1, 0.15) is 12.2 Å². The van der Waals surface area contributed by atoms with E-state index in [9.17, 15) is 19.5 Å². The standard InChI is InChI=1S/C21H30O7/c1-12(2)8-18(23)27-17-10-15(21(25)26-4)7-5-6-14(11-22)9-16-19(17)13(3)20(24)28-16/h7,12,14,16-17,19,22H,3,5-6,8-11H2,1-2,4H3/b15-7+/t14-,16-,17-,19-/m1/s1. The molecule has 156 valence electrons. The Hall–Kier alpha value is -2.15. The summed E-state index contributed by atoms with van der Waals surface area (Å²) >= 11 is 0. The first kappa shape index (κ1) is 22.1. The number of rotatable bonds is 5. The molecule has 7 heteroatoms. The van der Waals surface area contributed by atoms with Crippen LogP contribution in [-0.4, -0.2) is 48.9 Å². The molecule has 28 heavy (non-hydrogen) atoms.